The van der Waals surface area contributed by atoms with Crippen LogP contribution in [0.15, 0.2) is 24.3 Å². The highest BCUT2D eigenvalue weighted by molar-refractivity contribution is 6.31. The minimum absolute atomic E-state index is 0.0115. The average molecular weight is 252 g/mol. The predicted molar refractivity (Wildman–Crippen MR) is 69.0 cm³/mol. The van der Waals surface area contributed by atoms with Gasteiger partial charge in [-0.2, -0.15) is 0 Å². The molecule has 0 aliphatic rings. The number of carbonyl (C=O) groups excluding carboxylic acids is 1. The van der Waals surface area contributed by atoms with Crippen molar-refractivity contribution < 1.29 is 22.6 Å². The van der Waals surface area contributed by atoms with Gasteiger partial charge in [-0.1, -0.05) is 51.1 Å². The summed E-state index contributed by atoms with van der Waals surface area (Å²) >= 11 is 5.78. The van der Waals surface area contributed by atoms with Gasteiger partial charge in [0, 0.05) is 34.3 Å². The quantitative estimate of drug-likeness (QED) is 0.718. The molecule has 88 valence electrons. The van der Waals surface area contributed by atoms with E-state index < -0.39 is 50.9 Å². The molecule has 0 aliphatic heterocycles. The van der Waals surface area contributed by atoms with E-state index in [-0.39, 0.29) is 10.6 Å². The Bertz CT molecular complexity index is 722. The van der Waals surface area contributed by atoms with Crippen LogP contribution in [0.3, 0.4) is 0 Å². The van der Waals surface area contributed by atoms with Gasteiger partial charge in [0.15, 0.2) is 5.78 Å². The SMILES string of the molecule is [2H]C([2H])([2H])C(C[C@]([2H])(C(=O)c1cccc(Cl)c1)C([2H])([2H])[2H])(C([2H])([2H])[2H])C([2H])([2H])[2H]. The van der Waals surface area contributed by atoms with Gasteiger partial charge in [0.2, 0.25) is 0 Å². The number of Topliss-reactive ketones (excluding diaryl/α,β-unsaturated/α-hetero) is 1. The normalized spacial score (nSPS) is 30.7. The Labute approximate surface area is 121 Å². The van der Waals surface area contributed by atoms with E-state index in [0.29, 0.717) is 0 Å². The van der Waals surface area contributed by atoms with E-state index in [0.717, 1.165) is 12.1 Å². The van der Waals surface area contributed by atoms with E-state index in [4.69, 9.17) is 29.4 Å². The third kappa shape index (κ3) is 3.97. The van der Waals surface area contributed by atoms with Gasteiger partial charge in [0.25, 0.3) is 0 Å². The molecule has 0 radical (unpaired) electrons. The van der Waals surface area contributed by atoms with E-state index in [1.165, 1.54) is 12.1 Å². The first-order chi connectivity index (χ1) is 12.6. The van der Waals surface area contributed by atoms with Crippen molar-refractivity contribution in [3.63, 3.8) is 0 Å². The molecule has 0 heterocycles. The van der Waals surface area contributed by atoms with Crippen LogP contribution in [0.1, 0.15) is 62.0 Å². The highest BCUT2D eigenvalue weighted by Crippen LogP contribution is 2.26. The molecule has 0 N–H and O–H groups in total. The van der Waals surface area contributed by atoms with Gasteiger partial charge in [-0.15, -0.1) is 0 Å². The molecule has 1 aromatic rings. The Kier molecular flexibility index (Phi) is 1.20. The first kappa shape index (κ1) is 3.84. The number of halogens is 1. The number of carbonyl (C=O) groups is 1. The van der Waals surface area contributed by atoms with Gasteiger partial charge in [0.1, 0.15) is 0 Å². The van der Waals surface area contributed by atoms with Crippen LogP contribution in [0.2, 0.25) is 5.02 Å². The molecule has 0 fully saturated rings. The summed E-state index contributed by atoms with van der Waals surface area (Å²) in [5.41, 5.74) is -4.03. The van der Waals surface area contributed by atoms with E-state index in [2.05, 4.69) is 0 Å². The minimum Gasteiger partial charge on any atom is -0.294 e. The highest BCUT2D eigenvalue weighted by Gasteiger charge is 2.21. The molecule has 0 saturated heterocycles. The van der Waals surface area contributed by atoms with Crippen molar-refractivity contribution >= 4 is 17.4 Å². The van der Waals surface area contributed by atoms with Gasteiger partial charge in [-0.25, -0.2) is 0 Å². The van der Waals surface area contributed by atoms with Crippen LogP contribution in [0, 0.1) is 11.3 Å². The molecular formula is C14H19ClO. The van der Waals surface area contributed by atoms with E-state index >= 15 is 0 Å². The maximum Gasteiger partial charge on any atom is 0.165 e. The van der Waals surface area contributed by atoms with Crippen molar-refractivity contribution in [2.75, 3.05) is 0 Å². The van der Waals surface area contributed by atoms with Crippen LogP contribution >= 0.6 is 11.6 Å². The van der Waals surface area contributed by atoms with Gasteiger partial charge < -0.3 is 0 Å². The lowest BCUT2D eigenvalue weighted by Crippen LogP contribution is -2.18. The largest absolute Gasteiger partial charge is 0.294 e. The molecule has 0 amide bonds. The van der Waals surface area contributed by atoms with Crippen LogP contribution in [0.25, 0.3) is 0 Å². The molecule has 0 saturated carbocycles. The Balaban J connectivity index is 3.85. The van der Waals surface area contributed by atoms with Crippen molar-refractivity contribution in [2.45, 2.75) is 33.8 Å². The fraction of sp³-hybridized carbons (Fsp3) is 0.500. The number of rotatable bonds is 3. The lowest BCUT2D eigenvalue weighted by molar-refractivity contribution is 0.0897. The molecule has 0 aromatic heterocycles. The zero-order chi connectivity index (χ0) is 23.3. The molecule has 16 heavy (non-hydrogen) atoms. The minimum atomic E-state index is -3.74. The fourth-order valence-electron chi connectivity index (χ4n) is 1.15. The summed E-state index contributed by atoms with van der Waals surface area (Å²) in [7, 11) is 0. The molecule has 1 rings (SSSR count). The first-order valence-corrected chi connectivity index (χ1v) is 4.80. The highest BCUT2D eigenvalue weighted by atomic mass is 35.5. The van der Waals surface area contributed by atoms with Crippen LogP contribution in [0.5, 0.6) is 0 Å². The van der Waals surface area contributed by atoms with E-state index in [1.807, 2.05) is 0 Å². The fourth-order valence-corrected chi connectivity index (χ4v) is 1.34. The Morgan fingerprint density at radius 1 is 1.56 bits per heavy atom. The van der Waals surface area contributed by atoms with Crippen molar-refractivity contribution in [1.82, 2.24) is 0 Å². The molecular weight excluding hydrogens is 220 g/mol. The maximum absolute atomic E-state index is 13.0. The summed E-state index contributed by atoms with van der Waals surface area (Å²) in [6.07, 6.45) is -1.77. The number of hydrogen-bond acceptors (Lipinski definition) is 1. The van der Waals surface area contributed by atoms with E-state index in [1.54, 1.807) is 0 Å². The molecule has 1 aromatic carbocycles. The van der Waals surface area contributed by atoms with Crippen LogP contribution in [0.4, 0.5) is 0 Å². The first-order valence-electron chi connectivity index (χ1n) is 10.9. The van der Waals surface area contributed by atoms with Gasteiger partial charge in [-0.3, -0.25) is 4.79 Å². The van der Waals surface area contributed by atoms with Crippen LogP contribution < -0.4 is 0 Å². The third-order valence-electron chi connectivity index (χ3n) is 1.80. The summed E-state index contributed by atoms with van der Waals surface area (Å²) in [4.78, 5) is 13.0. The number of benzene rings is 1. The molecule has 0 aliphatic carbocycles. The molecule has 1 nitrogen and oxygen atoms in total. The Hall–Kier alpha value is -0.820. The van der Waals surface area contributed by atoms with E-state index in [9.17, 15) is 4.79 Å². The molecule has 0 bridgehead atoms. The summed E-state index contributed by atoms with van der Waals surface area (Å²) in [6, 6.07) is 4.78. The standard InChI is InChI=1S/C14H19ClO/c1-10(9-14(2,3)4)13(16)11-6-5-7-12(15)8-11/h5-8,10H,9H2,1-4H3/t10-/m1/s1/i1D3,2D3,3D3,4D3,10D. The Morgan fingerprint density at radius 2 is 2.31 bits per heavy atom. The van der Waals surface area contributed by atoms with Crippen LogP contribution in [-0.2, 0) is 0 Å². The molecule has 1 atom stereocenters. The van der Waals surface area contributed by atoms with Crippen molar-refractivity contribution in [1.29, 1.82) is 0 Å². The monoisotopic (exact) mass is 251 g/mol. The third-order valence-corrected chi connectivity index (χ3v) is 2.04. The van der Waals surface area contributed by atoms with Crippen LogP contribution in [-0.4, -0.2) is 5.78 Å². The second-order valence-electron chi connectivity index (χ2n) is 3.40. The molecule has 2 heteroatoms. The average Bonchev–Trinajstić information content (AvgIpc) is 2.46. The number of ketones is 1. The predicted octanol–water partition coefficient (Wildman–Crippen LogP) is 4.60. The summed E-state index contributed by atoms with van der Waals surface area (Å²) in [6.45, 7) is -14.8. The maximum atomic E-state index is 13.0. The summed E-state index contributed by atoms with van der Waals surface area (Å²) in [5.74, 6) is -4.84. The lowest BCUT2D eigenvalue weighted by atomic mass is 9.82. The smallest absolute Gasteiger partial charge is 0.165 e. The molecule has 0 unspecified atom stereocenters. The topological polar surface area (TPSA) is 17.1 Å². The summed E-state index contributed by atoms with van der Waals surface area (Å²) < 4.78 is 100.0. The second-order valence-corrected chi connectivity index (χ2v) is 3.84. The van der Waals surface area contributed by atoms with Gasteiger partial charge in [-0.05, 0) is 24.0 Å². The Morgan fingerprint density at radius 3 is 2.88 bits per heavy atom. The zero-order valence-corrected chi connectivity index (χ0v) is 9.06. The van der Waals surface area contributed by atoms with Gasteiger partial charge in [0.05, 0.1) is 0 Å². The molecule has 0 spiro atoms. The zero-order valence-electron chi connectivity index (χ0n) is 21.3. The number of hydrogen-bond donors (Lipinski definition) is 0. The second kappa shape index (κ2) is 5.01. The lowest BCUT2D eigenvalue weighted by Gasteiger charge is -2.22. The van der Waals surface area contributed by atoms with Crippen molar-refractivity contribution in [3.05, 3.63) is 34.9 Å². The summed E-state index contributed by atoms with van der Waals surface area (Å²) in [5, 5.41) is 0.0115. The van der Waals surface area contributed by atoms with Crippen molar-refractivity contribution in [3.8, 4) is 0 Å². The van der Waals surface area contributed by atoms with Crippen molar-refractivity contribution in [2.24, 2.45) is 11.3 Å². The van der Waals surface area contributed by atoms with Gasteiger partial charge >= 0.3 is 0 Å².